The summed E-state index contributed by atoms with van der Waals surface area (Å²) in [6, 6.07) is 0. The Morgan fingerprint density at radius 1 is 0.885 bits per heavy atom. The van der Waals surface area contributed by atoms with Crippen LogP contribution in [-0.4, -0.2) is 18.4 Å². The maximum atomic E-state index is 12.0. The van der Waals surface area contributed by atoms with Crippen LogP contribution in [0.15, 0.2) is 0 Å². The van der Waals surface area contributed by atoms with Crippen molar-refractivity contribution in [2.45, 2.75) is 123 Å². The maximum Gasteiger partial charge on any atom is 0.508 e. The second-order valence-electron chi connectivity index (χ2n) is 8.87. The summed E-state index contributed by atoms with van der Waals surface area (Å²) in [6.45, 7) is 6.53. The third-order valence-corrected chi connectivity index (χ3v) is 6.88. The molecule has 2 aliphatic rings. The van der Waals surface area contributed by atoms with Crippen molar-refractivity contribution in [3.8, 4) is 0 Å². The number of unbranched alkanes of at least 4 members (excludes halogenated alkanes) is 3. The Hall–Kier alpha value is -0.730. The summed E-state index contributed by atoms with van der Waals surface area (Å²) < 4.78 is 11.0. The summed E-state index contributed by atoms with van der Waals surface area (Å²) in [5.41, 5.74) is 0. The third-order valence-electron chi connectivity index (χ3n) is 6.88. The molecule has 2 rings (SSSR count). The SMILES string of the molecule is CCCCCC[C@H](C)OC(=O)O[C@H]1CC[C@H]([C@H]2CC[C@H](CC)CC2)CC1. The first kappa shape index (κ1) is 21.6. The molecule has 3 nitrogen and oxygen atoms in total. The summed E-state index contributed by atoms with van der Waals surface area (Å²) in [7, 11) is 0. The van der Waals surface area contributed by atoms with Gasteiger partial charge in [0.15, 0.2) is 0 Å². The van der Waals surface area contributed by atoms with Gasteiger partial charge < -0.3 is 9.47 Å². The zero-order valence-corrected chi connectivity index (χ0v) is 17.5. The van der Waals surface area contributed by atoms with E-state index in [1.165, 1.54) is 64.2 Å². The van der Waals surface area contributed by atoms with Gasteiger partial charge in [0, 0.05) is 0 Å². The van der Waals surface area contributed by atoms with Gasteiger partial charge in [-0.1, -0.05) is 52.4 Å². The van der Waals surface area contributed by atoms with Crippen molar-refractivity contribution in [1.29, 1.82) is 0 Å². The van der Waals surface area contributed by atoms with E-state index >= 15 is 0 Å². The van der Waals surface area contributed by atoms with Crippen LogP contribution in [0.2, 0.25) is 0 Å². The standard InChI is InChI=1S/C23H42O3/c1-4-6-7-8-9-18(3)25-23(24)26-22-16-14-21(15-17-22)20-12-10-19(5-2)11-13-20/h18-22H,4-17H2,1-3H3/t18-,19-,20-,21-,22-/m0/s1. The first-order valence-corrected chi connectivity index (χ1v) is 11.5. The van der Waals surface area contributed by atoms with Crippen LogP contribution in [0.3, 0.4) is 0 Å². The summed E-state index contributed by atoms with van der Waals surface area (Å²) in [5, 5.41) is 0. The molecule has 0 spiro atoms. The van der Waals surface area contributed by atoms with E-state index < -0.39 is 6.16 Å². The zero-order chi connectivity index (χ0) is 18.8. The average Bonchev–Trinajstić information content (AvgIpc) is 2.66. The molecule has 2 saturated carbocycles. The Morgan fingerprint density at radius 3 is 2.08 bits per heavy atom. The van der Waals surface area contributed by atoms with Gasteiger partial charge in [-0.15, -0.1) is 0 Å². The zero-order valence-electron chi connectivity index (χ0n) is 17.5. The van der Waals surface area contributed by atoms with Crippen molar-refractivity contribution in [2.24, 2.45) is 17.8 Å². The van der Waals surface area contributed by atoms with Crippen molar-refractivity contribution in [1.82, 2.24) is 0 Å². The molecule has 2 aliphatic carbocycles. The molecule has 2 fully saturated rings. The van der Waals surface area contributed by atoms with Crippen LogP contribution in [0.5, 0.6) is 0 Å². The predicted molar refractivity (Wildman–Crippen MR) is 107 cm³/mol. The van der Waals surface area contributed by atoms with Crippen molar-refractivity contribution >= 4 is 6.16 Å². The van der Waals surface area contributed by atoms with E-state index in [-0.39, 0.29) is 12.2 Å². The fraction of sp³-hybridized carbons (Fsp3) is 0.957. The van der Waals surface area contributed by atoms with Gasteiger partial charge in [-0.3, -0.25) is 0 Å². The number of hydrogen-bond acceptors (Lipinski definition) is 3. The van der Waals surface area contributed by atoms with Gasteiger partial charge in [-0.2, -0.15) is 0 Å². The van der Waals surface area contributed by atoms with E-state index in [4.69, 9.17) is 9.47 Å². The maximum absolute atomic E-state index is 12.0. The van der Waals surface area contributed by atoms with E-state index in [9.17, 15) is 4.79 Å². The molecular formula is C23H42O3. The molecule has 0 aromatic rings. The smallest absolute Gasteiger partial charge is 0.431 e. The fourth-order valence-electron chi connectivity index (χ4n) is 4.99. The number of hydrogen-bond donors (Lipinski definition) is 0. The Balaban J connectivity index is 1.58. The summed E-state index contributed by atoms with van der Waals surface area (Å²) in [5.74, 6) is 2.76. The summed E-state index contributed by atoms with van der Waals surface area (Å²) in [4.78, 5) is 12.0. The van der Waals surface area contributed by atoms with Gasteiger partial charge >= 0.3 is 6.16 Å². The predicted octanol–water partition coefficient (Wildman–Crippen LogP) is 7.27. The second kappa shape index (κ2) is 11.9. The lowest BCUT2D eigenvalue weighted by molar-refractivity contribution is -0.0174. The highest BCUT2D eigenvalue weighted by Crippen LogP contribution is 2.41. The minimum atomic E-state index is -0.445. The van der Waals surface area contributed by atoms with Gasteiger partial charge in [0.1, 0.15) is 12.2 Å². The van der Waals surface area contributed by atoms with E-state index in [1.54, 1.807) is 0 Å². The van der Waals surface area contributed by atoms with Crippen LogP contribution < -0.4 is 0 Å². The Bertz CT molecular complexity index is 379. The first-order chi connectivity index (χ1) is 12.6. The largest absolute Gasteiger partial charge is 0.508 e. The highest BCUT2D eigenvalue weighted by Gasteiger charge is 2.31. The quantitative estimate of drug-likeness (QED) is 0.318. The van der Waals surface area contributed by atoms with Crippen LogP contribution in [0.25, 0.3) is 0 Å². The monoisotopic (exact) mass is 366 g/mol. The Kier molecular flexibility index (Phi) is 9.85. The molecule has 0 amide bonds. The molecule has 0 saturated heterocycles. The lowest BCUT2D eigenvalue weighted by Crippen LogP contribution is -2.30. The highest BCUT2D eigenvalue weighted by atomic mass is 16.7. The van der Waals surface area contributed by atoms with E-state index in [2.05, 4.69) is 13.8 Å². The first-order valence-electron chi connectivity index (χ1n) is 11.5. The molecule has 0 aliphatic heterocycles. The van der Waals surface area contributed by atoms with E-state index in [0.29, 0.717) is 0 Å². The van der Waals surface area contributed by atoms with Crippen molar-refractivity contribution in [3.63, 3.8) is 0 Å². The third kappa shape index (κ3) is 7.48. The second-order valence-corrected chi connectivity index (χ2v) is 8.87. The lowest BCUT2D eigenvalue weighted by atomic mass is 9.70. The van der Waals surface area contributed by atoms with Gasteiger partial charge in [-0.05, 0) is 76.0 Å². The molecular weight excluding hydrogens is 324 g/mol. The minimum Gasteiger partial charge on any atom is -0.431 e. The topological polar surface area (TPSA) is 35.5 Å². The Labute approximate surface area is 161 Å². The van der Waals surface area contributed by atoms with E-state index in [0.717, 1.165) is 43.4 Å². The molecule has 3 heteroatoms. The summed E-state index contributed by atoms with van der Waals surface area (Å²) in [6.07, 6.45) is 17.0. The van der Waals surface area contributed by atoms with E-state index in [1.807, 2.05) is 6.92 Å². The molecule has 0 bridgehead atoms. The van der Waals surface area contributed by atoms with Crippen LogP contribution in [-0.2, 0) is 9.47 Å². The molecule has 0 heterocycles. The normalized spacial score (nSPS) is 30.6. The highest BCUT2D eigenvalue weighted by molar-refractivity contribution is 5.60. The van der Waals surface area contributed by atoms with Crippen LogP contribution in [0.1, 0.15) is 111 Å². The minimum absolute atomic E-state index is 0.0237. The molecule has 0 unspecified atom stereocenters. The van der Waals surface area contributed by atoms with Crippen LogP contribution in [0, 0.1) is 17.8 Å². The van der Waals surface area contributed by atoms with Crippen molar-refractivity contribution in [3.05, 3.63) is 0 Å². The molecule has 26 heavy (non-hydrogen) atoms. The van der Waals surface area contributed by atoms with Crippen LogP contribution >= 0.6 is 0 Å². The molecule has 152 valence electrons. The molecule has 0 aromatic carbocycles. The lowest BCUT2D eigenvalue weighted by Gasteiger charge is -2.37. The Morgan fingerprint density at radius 2 is 1.50 bits per heavy atom. The number of rotatable bonds is 9. The number of ether oxygens (including phenoxy) is 2. The van der Waals surface area contributed by atoms with Crippen LogP contribution in [0.4, 0.5) is 4.79 Å². The molecule has 0 N–H and O–H groups in total. The number of carbonyl (C=O) groups is 1. The number of carbonyl (C=O) groups excluding carboxylic acids is 1. The van der Waals surface area contributed by atoms with Gasteiger partial charge in [0.05, 0.1) is 0 Å². The van der Waals surface area contributed by atoms with Crippen molar-refractivity contribution < 1.29 is 14.3 Å². The van der Waals surface area contributed by atoms with Gasteiger partial charge in [0.25, 0.3) is 0 Å². The average molecular weight is 367 g/mol. The van der Waals surface area contributed by atoms with Gasteiger partial charge in [-0.25, -0.2) is 4.79 Å². The molecule has 0 aromatic heterocycles. The molecule has 1 atom stereocenters. The van der Waals surface area contributed by atoms with Crippen molar-refractivity contribution in [2.75, 3.05) is 0 Å². The summed E-state index contributed by atoms with van der Waals surface area (Å²) >= 11 is 0. The molecule has 0 radical (unpaired) electrons. The fourth-order valence-corrected chi connectivity index (χ4v) is 4.99. The van der Waals surface area contributed by atoms with Gasteiger partial charge in [0.2, 0.25) is 0 Å².